The van der Waals surface area contributed by atoms with E-state index < -0.39 is 5.97 Å². The van der Waals surface area contributed by atoms with Crippen molar-refractivity contribution < 1.29 is 9.90 Å². The zero-order valence-corrected chi connectivity index (χ0v) is 12.2. The molecule has 3 rings (SSSR count). The molecule has 1 heterocycles. The summed E-state index contributed by atoms with van der Waals surface area (Å²) in [6.45, 7) is 6.32. The van der Waals surface area contributed by atoms with Crippen LogP contribution in [0.3, 0.4) is 0 Å². The Hall–Kier alpha value is -1.84. The Labute approximate surface area is 118 Å². The van der Waals surface area contributed by atoms with Gasteiger partial charge in [0.05, 0.1) is 11.6 Å². The normalized spacial score (nSPS) is 16.4. The fourth-order valence-electron chi connectivity index (χ4n) is 2.88. The zero-order chi connectivity index (χ0) is 14.5. The molecule has 4 nitrogen and oxygen atoms in total. The van der Waals surface area contributed by atoms with Crippen LogP contribution in [0.1, 0.15) is 62.1 Å². The molecule has 0 atom stereocenters. The molecule has 2 aromatic rings. The Morgan fingerprint density at radius 2 is 2.05 bits per heavy atom. The van der Waals surface area contributed by atoms with Gasteiger partial charge in [-0.15, -0.1) is 0 Å². The number of fused-ring (bicyclic) bond motifs is 1. The first-order valence-electron chi connectivity index (χ1n) is 7.14. The van der Waals surface area contributed by atoms with E-state index in [1.54, 1.807) is 0 Å². The van der Waals surface area contributed by atoms with Crippen LogP contribution in [0.25, 0.3) is 10.9 Å². The minimum Gasteiger partial charge on any atom is -0.476 e. The molecule has 1 N–H and O–H groups in total. The van der Waals surface area contributed by atoms with Crippen LogP contribution in [0.5, 0.6) is 0 Å². The number of carboxylic acids is 1. The second-order valence-electron chi connectivity index (χ2n) is 6.63. The predicted molar refractivity (Wildman–Crippen MR) is 78.3 cm³/mol. The van der Waals surface area contributed by atoms with Crippen molar-refractivity contribution in [1.29, 1.82) is 0 Å². The van der Waals surface area contributed by atoms with Gasteiger partial charge in [0.15, 0.2) is 5.69 Å². The molecular formula is C16H20N2O2. The van der Waals surface area contributed by atoms with Gasteiger partial charge in [-0.25, -0.2) is 4.79 Å². The molecule has 0 amide bonds. The number of rotatable bonds is 2. The minimum absolute atomic E-state index is 0.100. The minimum atomic E-state index is -0.940. The van der Waals surface area contributed by atoms with Crippen molar-refractivity contribution in [2.24, 2.45) is 0 Å². The Kier molecular flexibility index (Phi) is 2.85. The van der Waals surface area contributed by atoms with Gasteiger partial charge in [-0.05, 0) is 36.3 Å². The monoisotopic (exact) mass is 272 g/mol. The van der Waals surface area contributed by atoms with Crippen molar-refractivity contribution in [2.45, 2.75) is 51.5 Å². The quantitative estimate of drug-likeness (QED) is 0.905. The first-order chi connectivity index (χ1) is 9.39. The van der Waals surface area contributed by atoms with Crippen molar-refractivity contribution in [3.8, 4) is 0 Å². The number of aromatic nitrogens is 2. The molecule has 1 fully saturated rings. The van der Waals surface area contributed by atoms with Crippen molar-refractivity contribution in [2.75, 3.05) is 0 Å². The first-order valence-corrected chi connectivity index (χ1v) is 7.14. The van der Waals surface area contributed by atoms with Crippen molar-refractivity contribution in [3.63, 3.8) is 0 Å². The van der Waals surface area contributed by atoms with Crippen molar-refractivity contribution in [1.82, 2.24) is 9.78 Å². The third-order valence-electron chi connectivity index (χ3n) is 4.16. The summed E-state index contributed by atoms with van der Waals surface area (Å²) >= 11 is 0. The van der Waals surface area contributed by atoms with Gasteiger partial charge in [-0.1, -0.05) is 32.9 Å². The van der Waals surface area contributed by atoms with E-state index in [1.165, 1.54) is 6.42 Å². The maximum Gasteiger partial charge on any atom is 0.357 e. The molecule has 1 aliphatic rings. The average molecular weight is 272 g/mol. The van der Waals surface area contributed by atoms with Crippen LogP contribution in [0.2, 0.25) is 0 Å². The third kappa shape index (κ3) is 1.90. The number of carbonyl (C=O) groups is 1. The van der Waals surface area contributed by atoms with Crippen LogP contribution in [-0.4, -0.2) is 20.9 Å². The van der Waals surface area contributed by atoms with E-state index in [2.05, 4.69) is 25.9 Å². The van der Waals surface area contributed by atoms with Gasteiger partial charge < -0.3 is 5.11 Å². The zero-order valence-electron chi connectivity index (χ0n) is 12.2. The van der Waals surface area contributed by atoms with Crippen molar-refractivity contribution in [3.05, 3.63) is 29.5 Å². The highest BCUT2D eigenvalue weighted by Crippen LogP contribution is 2.37. The molecular weight excluding hydrogens is 252 g/mol. The Bertz CT molecular complexity index is 676. The lowest BCUT2D eigenvalue weighted by Gasteiger charge is -2.26. The summed E-state index contributed by atoms with van der Waals surface area (Å²) in [5.74, 6) is -0.940. The van der Waals surface area contributed by atoms with Crippen LogP contribution in [0, 0.1) is 0 Å². The van der Waals surface area contributed by atoms with Gasteiger partial charge in [0.2, 0.25) is 0 Å². The SMILES string of the molecule is CC(C)(C)c1cccc2c1c(C(=O)O)nn2C1CCC1. The smallest absolute Gasteiger partial charge is 0.357 e. The van der Waals surface area contributed by atoms with E-state index in [0.29, 0.717) is 6.04 Å². The second kappa shape index (κ2) is 4.33. The number of aromatic carboxylic acids is 1. The van der Waals surface area contributed by atoms with Crippen LogP contribution >= 0.6 is 0 Å². The van der Waals surface area contributed by atoms with Crippen molar-refractivity contribution >= 4 is 16.9 Å². The Morgan fingerprint density at radius 1 is 1.35 bits per heavy atom. The highest BCUT2D eigenvalue weighted by Gasteiger charge is 2.29. The molecule has 0 unspecified atom stereocenters. The average Bonchev–Trinajstić information content (AvgIpc) is 2.65. The Balaban J connectivity index is 2.32. The molecule has 0 saturated heterocycles. The first kappa shape index (κ1) is 13.2. The standard InChI is InChI=1S/C16H20N2O2/c1-16(2,3)11-8-5-9-12-13(11)14(15(19)20)17-18(12)10-6-4-7-10/h5,8-10H,4,6-7H2,1-3H3,(H,19,20). The fraction of sp³-hybridized carbons (Fsp3) is 0.500. The third-order valence-corrected chi connectivity index (χ3v) is 4.16. The summed E-state index contributed by atoms with van der Waals surface area (Å²) in [7, 11) is 0. The molecule has 0 bridgehead atoms. The van der Waals surface area contributed by atoms with Crippen LogP contribution in [0.4, 0.5) is 0 Å². The van der Waals surface area contributed by atoms with E-state index in [4.69, 9.17) is 0 Å². The van der Waals surface area contributed by atoms with Gasteiger partial charge in [0.25, 0.3) is 0 Å². The molecule has 0 spiro atoms. The largest absolute Gasteiger partial charge is 0.476 e. The molecule has 20 heavy (non-hydrogen) atoms. The lowest BCUT2D eigenvalue weighted by molar-refractivity contribution is 0.0690. The number of hydrogen-bond acceptors (Lipinski definition) is 2. The summed E-state index contributed by atoms with van der Waals surface area (Å²) in [6.07, 6.45) is 3.39. The topological polar surface area (TPSA) is 55.1 Å². The molecule has 1 saturated carbocycles. The molecule has 0 radical (unpaired) electrons. The van der Waals surface area contributed by atoms with E-state index in [1.807, 2.05) is 22.9 Å². The van der Waals surface area contributed by atoms with Gasteiger partial charge in [0.1, 0.15) is 0 Å². The molecule has 106 valence electrons. The molecule has 1 aliphatic carbocycles. The lowest BCUT2D eigenvalue weighted by atomic mass is 9.84. The fourth-order valence-corrected chi connectivity index (χ4v) is 2.88. The van der Waals surface area contributed by atoms with Gasteiger partial charge >= 0.3 is 5.97 Å². The molecule has 1 aromatic heterocycles. The van der Waals surface area contributed by atoms with Gasteiger partial charge in [-0.3, -0.25) is 4.68 Å². The van der Waals surface area contributed by atoms with Crippen LogP contribution < -0.4 is 0 Å². The molecule has 0 aliphatic heterocycles. The summed E-state index contributed by atoms with van der Waals surface area (Å²) < 4.78 is 1.93. The van der Waals surface area contributed by atoms with E-state index in [0.717, 1.165) is 29.3 Å². The molecule has 1 aromatic carbocycles. The maximum atomic E-state index is 11.6. The van der Waals surface area contributed by atoms with E-state index in [-0.39, 0.29) is 11.1 Å². The van der Waals surface area contributed by atoms with Crippen LogP contribution in [-0.2, 0) is 5.41 Å². The van der Waals surface area contributed by atoms with E-state index in [9.17, 15) is 9.90 Å². The van der Waals surface area contributed by atoms with Gasteiger partial charge in [-0.2, -0.15) is 5.10 Å². The van der Waals surface area contributed by atoms with Gasteiger partial charge in [0, 0.05) is 5.39 Å². The predicted octanol–water partition coefficient (Wildman–Crippen LogP) is 3.76. The highest BCUT2D eigenvalue weighted by atomic mass is 16.4. The van der Waals surface area contributed by atoms with Crippen LogP contribution in [0.15, 0.2) is 18.2 Å². The second-order valence-corrected chi connectivity index (χ2v) is 6.63. The Morgan fingerprint density at radius 3 is 2.55 bits per heavy atom. The summed E-state index contributed by atoms with van der Waals surface area (Å²) in [5.41, 5.74) is 2.10. The summed E-state index contributed by atoms with van der Waals surface area (Å²) in [4.78, 5) is 11.6. The highest BCUT2D eigenvalue weighted by molar-refractivity contribution is 6.03. The summed E-state index contributed by atoms with van der Waals surface area (Å²) in [5, 5.41) is 14.7. The van der Waals surface area contributed by atoms with E-state index >= 15 is 0 Å². The lowest BCUT2D eigenvalue weighted by Crippen LogP contribution is -2.18. The molecule has 4 heteroatoms. The number of hydrogen-bond donors (Lipinski definition) is 1. The maximum absolute atomic E-state index is 11.6. The number of carboxylic acid groups (broad SMARTS) is 1. The number of nitrogens with zero attached hydrogens (tertiary/aromatic N) is 2. The number of benzene rings is 1. The summed E-state index contributed by atoms with van der Waals surface area (Å²) in [6, 6.07) is 6.37.